The van der Waals surface area contributed by atoms with Crippen LogP contribution in [0.5, 0.6) is 5.75 Å². The number of H-pyrrole nitrogens is 1. The van der Waals surface area contributed by atoms with Gasteiger partial charge in [0.15, 0.2) is 5.82 Å². The second kappa shape index (κ2) is 7.82. The van der Waals surface area contributed by atoms with Gasteiger partial charge in [-0.05, 0) is 42.0 Å². The van der Waals surface area contributed by atoms with Crippen molar-refractivity contribution in [1.29, 1.82) is 0 Å². The van der Waals surface area contributed by atoms with Crippen molar-refractivity contribution >= 4 is 41.6 Å². The molecule has 0 spiro atoms. The average Bonchev–Trinajstić information content (AvgIpc) is 2.95. The molecule has 0 amide bonds. The maximum Gasteiger partial charge on any atom is 0.216 e. The van der Waals surface area contributed by atoms with Crippen LogP contribution in [0.4, 0.5) is 0 Å². The molecule has 1 heterocycles. The number of hydrogen-bond acceptors (Lipinski definition) is 4. The van der Waals surface area contributed by atoms with Crippen LogP contribution in [0.25, 0.3) is 0 Å². The molecule has 0 aliphatic heterocycles. The van der Waals surface area contributed by atoms with Crippen LogP contribution in [0.1, 0.15) is 17.0 Å². The average molecular weight is 393 g/mol. The maximum atomic E-state index is 6.16. The van der Waals surface area contributed by atoms with Crippen LogP contribution < -0.4 is 4.74 Å². The lowest BCUT2D eigenvalue weighted by Crippen LogP contribution is -2.01. The van der Waals surface area contributed by atoms with Gasteiger partial charge in [0.25, 0.3) is 0 Å². The Bertz CT molecular complexity index is 943. The van der Waals surface area contributed by atoms with Crippen molar-refractivity contribution in [2.24, 2.45) is 5.10 Å². The van der Waals surface area contributed by atoms with Gasteiger partial charge >= 0.3 is 0 Å². The molecule has 25 heavy (non-hydrogen) atoms. The van der Waals surface area contributed by atoms with Crippen molar-refractivity contribution in [2.75, 3.05) is 7.11 Å². The van der Waals surface area contributed by atoms with Crippen molar-refractivity contribution in [2.45, 2.75) is 6.42 Å². The van der Waals surface area contributed by atoms with E-state index in [4.69, 9.17) is 40.2 Å². The predicted molar refractivity (Wildman–Crippen MR) is 103 cm³/mol. The number of rotatable bonds is 5. The number of ether oxygens (including phenoxy) is 1. The molecule has 1 N–H and O–H groups in total. The molecule has 0 saturated carbocycles. The molecule has 0 unspecified atom stereocenters. The van der Waals surface area contributed by atoms with Gasteiger partial charge in [0, 0.05) is 12.0 Å². The Morgan fingerprint density at radius 1 is 1.20 bits per heavy atom. The smallest absolute Gasteiger partial charge is 0.216 e. The fraction of sp³-hybridized carbons (Fsp3) is 0.118. The molecule has 2 aromatic carbocycles. The summed E-state index contributed by atoms with van der Waals surface area (Å²) in [6.07, 6.45) is 2.14. The summed E-state index contributed by atoms with van der Waals surface area (Å²) in [6.45, 7) is 0. The quantitative estimate of drug-likeness (QED) is 0.504. The summed E-state index contributed by atoms with van der Waals surface area (Å²) in [5.41, 5.74) is 1.69. The monoisotopic (exact) mass is 392 g/mol. The van der Waals surface area contributed by atoms with Gasteiger partial charge in [-0.1, -0.05) is 41.4 Å². The Morgan fingerprint density at radius 2 is 1.88 bits per heavy atom. The van der Waals surface area contributed by atoms with E-state index in [2.05, 4.69) is 15.3 Å². The SMILES string of the molecule is COc1ccc(Cc2n[nH]c(=S)n2N=Cc2c(Cl)cccc2Cl)cc1. The first kappa shape index (κ1) is 17.7. The zero-order chi connectivity index (χ0) is 17.8. The molecule has 0 saturated heterocycles. The summed E-state index contributed by atoms with van der Waals surface area (Å²) in [7, 11) is 1.63. The lowest BCUT2D eigenvalue weighted by atomic mass is 10.1. The minimum absolute atomic E-state index is 0.392. The Balaban J connectivity index is 1.89. The highest BCUT2D eigenvalue weighted by Crippen LogP contribution is 2.22. The minimum Gasteiger partial charge on any atom is -0.497 e. The molecular weight excluding hydrogens is 379 g/mol. The maximum absolute atomic E-state index is 6.16. The number of aromatic amines is 1. The van der Waals surface area contributed by atoms with Crippen LogP contribution in [0, 0.1) is 4.77 Å². The number of nitrogens with one attached hydrogen (secondary N) is 1. The van der Waals surface area contributed by atoms with Crippen molar-refractivity contribution in [3.63, 3.8) is 0 Å². The van der Waals surface area contributed by atoms with Gasteiger partial charge in [0.2, 0.25) is 4.77 Å². The molecule has 0 fully saturated rings. The molecule has 1 aromatic heterocycles. The first-order chi connectivity index (χ1) is 12.1. The van der Waals surface area contributed by atoms with Gasteiger partial charge in [-0.2, -0.15) is 14.9 Å². The third-order valence-electron chi connectivity index (χ3n) is 3.54. The van der Waals surface area contributed by atoms with Gasteiger partial charge in [-0.15, -0.1) is 0 Å². The van der Waals surface area contributed by atoms with E-state index in [0.717, 1.165) is 11.3 Å². The molecule has 5 nitrogen and oxygen atoms in total. The van der Waals surface area contributed by atoms with E-state index in [0.29, 0.717) is 32.6 Å². The van der Waals surface area contributed by atoms with E-state index in [-0.39, 0.29) is 0 Å². The van der Waals surface area contributed by atoms with E-state index >= 15 is 0 Å². The lowest BCUT2D eigenvalue weighted by Gasteiger charge is -2.04. The fourth-order valence-electron chi connectivity index (χ4n) is 2.23. The van der Waals surface area contributed by atoms with E-state index in [1.54, 1.807) is 36.2 Å². The lowest BCUT2D eigenvalue weighted by molar-refractivity contribution is 0.414. The fourth-order valence-corrected chi connectivity index (χ4v) is 2.93. The normalized spacial score (nSPS) is 11.2. The highest BCUT2D eigenvalue weighted by molar-refractivity contribution is 7.71. The number of benzene rings is 2. The molecule has 0 radical (unpaired) electrons. The van der Waals surface area contributed by atoms with Crippen LogP contribution in [-0.4, -0.2) is 28.2 Å². The van der Waals surface area contributed by atoms with Gasteiger partial charge in [0.1, 0.15) is 5.75 Å². The first-order valence-corrected chi connectivity index (χ1v) is 8.52. The van der Waals surface area contributed by atoms with Crippen LogP contribution >= 0.6 is 35.4 Å². The van der Waals surface area contributed by atoms with Crippen LogP contribution in [-0.2, 0) is 6.42 Å². The van der Waals surface area contributed by atoms with E-state index in [1.807, 2.05) is 24.3 Å². The minimum atomic E-state index is 0.392. The first-order valence-electron chi connectivity index (χ1n) is 7.36. The van der Waals surface area contributed by atoms with Crippen molar-refractivity contribution in [3.05, 3.63) is 74.2 Å². The molecule has 0 atom stereocenters. The predicted octanol–water partition coefficient (Wildman–Crippen LogP) is 4.73. The van der Waals surface area contributed by atoms with Gasteiger partial charge in [0.05, 0.1) is 23.4 Å². The largest absolute Gasteiger partial charge is 0.497 e. The Morgan fingerprint density at radius 3 is 2.52 bits per heavy atom. The van der Waals surface area contributed by atoms with Gasteiger partial charge in [-0.3, -0.25) is 5.10 Å². The number of aromatic nitrogens is 3. The summed E-state index contributed by atoms with van der Waals surface area (Å²) in [5, 5.41) is 12.4. The molecule has 3 rings (SSSR count). The Labute approximate surface area is 159 Å². The Kier molecular flexibility index (Phi) is 5.53. The second-order valence-corrected chi connectivity index (χ2v) is 6.36. The molecule has 3 aromatic rings. The second-order valence-electron chi connectivity index (χ2n) is 5.16. The summed E-state index contributed by atoms with van der Waals surface area (Å²) >= 11 is 17.6. The van der Waals surface area contributed by atoms with E-state index in [9.17, 15) is 0 Å². The van der Waals surface area contributed by atoms with Gasteiger partial charge in [-0.25, -0.2) is 0 Å². The van der Waals surface area contributed by atoms with Crippen LogP contribution in [0.3, 0.4) is 0 Å². The number of methoxy groups -OCH3 is 1. The van der Waals surface area contributed by atoms with Crippen LogP contribution in [0.2, 0.25) is 10.0 Å². The molecule has 0 aliphatic rings. The van der Waals surface area contributed by atoms with Crippen molar-refractivity contribution in [3.8, 4) is 5.75 Å². The van der Waals surface area contributed by atoms with Crippen molar-refractivity contribution < 1.29 is 4.74 Å². The Hall–Kier alpha value is -2.15. The third kappa shape index (κ3) is 4.10. The zero-order valence-electron chi connectivity index (χ0n) is 13.2. The summed E-state index contributed by atoms with van der Waals surface area (Å²) in [5.74, 6) is 1.48. The molecule has 8 heteroatoms. The highest BCUT2D eigenvalue weighted by atomic mass is 35.5. The zero-order valence-corrected chi connectivity index (χ0v) is 15.6. The van der Waals surface area contributed by atoms with E-state index < -0.39 is 0 Å². The summed E-state index contributed by atoms with van der Waals surface area (Å²) in [4.78, 5) is 0. The van der Waals surface area contributed by atoms with E-state index in [1.165, 1.54) is 0 Å². The number of hydrogen-bond donors (Lipinski definition) is 1. The van der Waals surface area contributed by atoms with Crippen LogP contribution in [0.15, 0.2) is 47.6 Å². The van der Waals surface area contributed by atoms with Crippen molar-refractivity contribution in [1.82, 2.24) is 14.9 Å². The number of nitrogens with zero attached hydrogens (tertiary/aromatic N) is 3. The topological polar surface area (TPSA) is 55.2 Å². The summed E-state index contributed by atoms with van der Waals surface area (Å²) < 4.78 is 7.11. The standard InChI is InChI=1S/C17H14Cl2N4OS/c1-24-12-7-5-11(6-8-12)9-16-21-22-17(25)23(16)20-10-13-14(18)3-2-4-15(13)19/h2-8,10H,9H2,1H3,(H,22,25). The molecular formula is C17H14Cl2N4OS. The summed E-state index contributed by atoms with van der Waals surface area (Å²) in [6, 6.07) is 13.0. The highest BCUT2D eigenvalue weighted by Gasteiger charge is 2.08. The third-order valence-corrected chi connectivity index (χ3v) is 4.46. The molecule has 0 aliphatic carbocycles. The number of halogens is 2. The van der Waals surface area contributed by atoms with Gasteiger partial charge < -0.3 is 4.74 Å². The molecule has 128 valence electrons. The molecule has 0 bridgehead atoms.